The van der Waals surface area contributed by atoms with Gasteiger partial charge >= 0.3 is 0 Å². The van der Waals surface area contributed by atoms with Crippen molar-refractivity contribution < 1.29 is 9.59 Å². The van der Waals surface area contributed by atoms with E-state index in [9.17, 15) is 9.59 Å². The lowest BCUT2D eigenvalue weighted by Crippen LogP contribution is -2.51. The van der Waals surface area contributed by atoms with Gasteiger partial charge in [-0.05, 0) is 39.5 Å². The van der Waals surface area contributed by atoms with Crippen LogP contribution in [0.5, 0.6) is 0 Å². The lowest BCUT2D eigenvalue weighted by molar-refractivity contribution is -0.140. The van der Waals surface area contributed by atoms with Crippen molar-refractivity contribution >= 4 is 23.4 Å². The number of rotatable bonds is 4. The average Bonchev–Trinajstić information content (AvgIpc) is 2.55. The van der Waals surface area contributed by atoms with Crippen LogP contribution in [-0.2, 0) is 9.59 Å². The highest BCUT2D eigenvalue weighted by Gasteiger charge is 2.34. The number of nitrogens with one attached hydrogen (secondary N) is 1. The smallest absolute Gasteiger partial charge is 0.229 e. The fourth-order valence-electron chi connectivity index (χ4n) is 3.40. The predicted molar refractivity (Wildman–Crippen MR) is 88.8 cm³/mol. The number of amides is 2. The number of carbonyl (C=O) groups excluding carboxylic acids is 2. The summed E-state index contributed by atoms with van der Waals surface area (Å²) in [7, 11) is 0. The molecule has 0 aromatic carbocycles. The standard InChI is InChI=1S/C17H29ClN2O2/c1-17(2,12-18)16(22)20-10-8-14(9-11-20)19-15(21)13-6-4-3-5-7-13/h13-14H,3-12H2,1-2H3,(H,19,21). The maximum Gasteiger partial charge on any atom is 0.229 e. The van der Waals surface area contributed by atoms with Crippen molar-refractivity contribution in [1.29, 1.82) is 0 Å². The quantitative estimate of drug-likeness (QED) is 0.807. The number of carbonyl (C=O) groups is 2. The summed E-state index contributed by atoms with van der Waals surface area (Å²) in [5, 5.41) is 3.20. The topological polar surface area (TPSA) is 49.4 Å². The summed E-state index contributed by atoms with van der Waals surface area (Å²) < 4.78 is 0. The molecule has 0 atom stereocenters. The number of halogens is 1. The van der Waals surface area contributed by atoms with Crippen LogP contribution < -0.4 is 5.32 Å². The molecule has 1 aliphatic carbocycles. The number of piperidine rings is 1. The number of hydrogen-bond acceptors (Lipinski definition) is 2. The van der Waals surface area contributed by atoms with E-state index in [1.54, 1.807) is 0 Å². The van der Waals surface area contributed by atoms with Gasteiger partial charge in [0.15, 0.2) is 0 Å². The first kappa shape index (κ1) is 17.6. The van der Waals surface area contributed by atoms with Gasteiger partial charge in [0.2, 0.25) is 11.8 Å². The highest BCUT2D eigenvalue weighted by molar-refractivity contribution is 6.19. The molecule has 1 saturated carbocycles. The SMILES string of the molecule is CC(C)(CCl)C(=O)N1CCC(NC(=O)C2CCCCC2)CC1. The van der Waals surface area contributed by atoms with Gasteiger partial charge in [0.25, 0.3) is 0 Å². The van der Waals surface area contributed by atoms with Crippen molar-refractivity contribution in [1.82, 2.24) is 10.2 Å². The van der Waals surface area contributed by atoms with Crippen molar-refractivity contribution in [2.24, 2.45) is 11.3 Å². The van der Waals surface area contributed by atoms with Gasteiger partial charge in [0.05, 0.1) is 5.41 Å². The van der Waals surface area contributed by atoms with Gasteiger partial charge in [0.1, 0.15) is 0 Å². The Labute approximate surface area is 139 Å². The van der Waals surface area contributed by atoms with Crippen LogP contribution >= 0.6 is 11.6 Å². The molecule has 0 bridgehead atoms. The number of nitrogens with zero attached hydrogens (tertiary/aromatic N) is 1. The zero-order chi connectivity index (χ0) is 16.2. The monoisotopic (exact) mass is 328 g/mol. The van der Waals surface area contributed by atoms with Crippen LogP contribution in [0.1, 0.15) is 58.8 Å². The Morgan fingerprint density at radius 3 is 2.23 bits per heavy atom. The van der Waals surface area contributed by atoms with E-state index in [0.29, 0.717) is 5.88 Å². The summed E-state index contributed by atoms with van der Waals surface area (Å²) in [5.41, 5.74) is -0.500. The molecule has 0 unspecified atom stereocenters. The summed E-state index contributed by atoms with van der Waals surface area (Å²) in [6.07, 6.45) is 7.39. The Balaban J connectivity index is 1.77. The highest BCUT2D eigenvalue weighted by Crippen LogP contribution is 2.25. The van der Waals surface area contributed by atoms with Gasteiger partial charge in [-0.3, -0.25) is 9.59 Å². The summed E-state index contributed by atoms with van der Waals surface area (Å²) >= 11 is 5.89. The van der Waals surface area contributed by atoms with E-state index in [1.807, 2.05) is 18.7 Å². The maximum absolute atomic E-state index is 12.4. The number of hydrogen-bond donors (Lipinski definition) is 1. The van der Waals surface area contributed by atoms with Gasteiger partial charge in [-0.2, -0.15) is 0 Å². The van der Waals surface area contributed by atoms with Gasteiger partial charge in [-0.1, -0.05) is 19.3 Å². The maximum atomic E-state index is 12.4. The molecule has 126 valence electrons. The third-order valence-corrected chi connectivity index (χ3v) is 5.69. The summed E-state index contributed by atoms with van der Waals surface area (Å²) in [5.74, 6) is 0.901. The van der Waals surface area contributed by atoms with E-state index in [1.165, 1.54) is 19.3 Å². The molecule has 0 aromatic rings. The van der Waals surface area contributed by atoms with Gasteiger partial charge in [0, 0.05) is 30.9 Å². The molecular formula is C17H29ClN2O2. The highest BCUT2D eigenvalue weighted by atomic mass is 35.5. The van der Waals surface area contributed by atoms with Crippen molar-refractivity contribution in [2.45, 2.75) is 64.8 Å². The van der Waals surface area contributed by atoms with Crippen LogP contribution in [0.2, 0.25) is 0 Å². The van der Waals surface area contributed by atoms with Crippen LogP contribution in [0, 0.1) is 11.3 Å². The van der Waals surface area contributed by atoms with Gasteiger partial charge < -0.3 is 10.2 Å². The Morgan fingerprint density at radius 2 is 1.68 bits per heavy atom. The largest absolute Gasteiger partial charge is 0.353 e. The van der Waals surface area contributed by atoms with Crippen LogP contribution in [0.25, 0.3) is 0 Å². The number of likely N-dealkylation sites (tertiary alicyclic amines) is 1. The summed E-state index contributed by atoms with van der Waals surface area (Å²) in [6, 6.07) is 0.220. The summed E-state index contributed by atoms with van der Waals surface area (Å²) in [6.45, 7) is 5.21. The van der Waals surface area contributed by atoms with Crippen LogP contribution in [-0.4, -0.2) is 41.7 Å². The molecule has 2 amide bonds. The zero-order valence-corrected chi connectivity index (χ0v) is 14.6. The first-order valence-corrected chi connectivity index (χ1v) is 9.13. The second kappa shape index (κ2) is 7.67. The second-order valence-corrected chi connectivity index (χ2v) is 7.69. The molecule has 0 radical (unpaired) electrons. The molecule has 2 rings (SSSR count). The molecule has 1 N–H and O–H groups in total. The first-order chi connectivity index (χ1) is 10.4. The van der Waals surface area contributed by atoms with Crippen molar-refractivity contribution in [3.05, 3.63) is 0 Å². The van der Waals surface area contributed by atoms with Gasteiger partial charge in [-0.15, -0.1) is 11.6 Å². The zero-order valence-electron chi connectivity index (χ0n) is 13.9. The molecule has 0 spiro atoms. The average molecular weight is 329 g/mol. The molecule has 2 aliphatic rings. The van der Waals surface area contributed by atoms with E-state index in [2.05, 4.69) is 5.32 Å². The van der Waals surface area contributed by atoms with Crippen molar-refractivity contribution in [2.75, 3.05) is 19.0 Å². The van der Waals surface area contributed by atoms with Gasteiger partial charge in [-0.25, -0.2) is 0 Å². The Kier molecular flexibility index (Phi) is 6.13. The predicted octanol–water partition coefficient (Wildman–Crippen LogP) is 2.94. The molecule has 1 aliphatic heterocycles. The third-order valence-electron chi connectivity index (χ3n) is 5.02. The molecule has 5 heteroatoms. The van der Waals surface area contributed by atoms with Crippen molar-refractivity contribution in [3.8, 4) is 0 Å². The van der Waals surface area contributed by atoms with Crippen LogP contribution in [0.15, 0.2) is 0 Å². The van der Waals surface area contributed by atoms with E-state index < -0.39 is 5.41 Å². The lowest BCUT2D eigenvalue weighted by atomic mass is 9.88. The molecule has 1 heterocycles. The lowest BCUT2D eigenvalue weighted by Gasteiger charge is -2.37. The number of alkyl halides is 1. The molecule has 1 saturated heterocycles. The fourth-order valence-corrected chi connectivity index (χ4v) is 3.51. The fraction of sp³-hybridized carbons (Fsp3) is 0.882. The minimum atomic E-state index is -0.500. The van der Waals surface area contributed by atoms with E-state index >= 15 is 0 Å². The molecular weight excluding hydrogens is 300 g/mol. The second-order valence-electron chi connectivity index (χ2n) is 7.43. The first-order valence-electron chi connectivity index (χ1n) is 8.60. The minimum Gasteiger partial charge on any atom is -0.353 e. The van der Waals surface area contributed by atoms with E-state index in [0.717, 1.165) is 38.8 Å². The van der Waals surface area contributed by atoms with Crippen molar-refractivity contribution in [3.63, 3.8) is 0 Å². The Morgan fingerprint density at radius 1 is 1.09 bits per heavy atom. The van der Waals surface area contributed by atoms with E-state index in [-0.39, 0.29) is 23.8 Å². The molecule has 0 aromatic heterocycles. The minimum absolute atomic E-state index is 0.125. The van der Waals surface area contributed by atoms with Crippen LogP contribution in [0.4, 0.5) is 0 Å². The Bertz CT molecular complexity index is 397. The summed E-state index contributed by atoms with van der Waals surface area (Å²) in [4.78, 5) is 26.6. The third kappa shape index (κ3) is 4.37. The normalized spacial score (nSPS) is 21.7. The molecule has 2 fully saturated rings. The van der Waals surface area contributed by atoms with Crippen LogP contribution in [0.3, 0.4) is 0 Å². The van der Waals surface area contributed by atoms with E-state index in [4.69, 9.17) is 11.6 Å². The Hall–Kier alpha value is -0.770. The molecule has 4 nitrogen and oxygen atoms in total. The molecule has 22 heavy (non-hydrogen) atoms.